The van der Waals surface area contributed by atoms with E-state index in [0.717, 1.165) is 4.90 Å². The Kier molecular flexibility index (Phi) is 4.46. The molecule has 1 aliphatic rings. The highest BCUT2D eigenvalue weighted by molar-refractivity contribution is 6.09. The number of carbonyl (C=O) groups is 3. The summed E-state index contributed by atoms with van der Waals surface area (Å²) in [7, 11) is 0. The quantitative estimate of drug-likeness (QED) is 0.636. The Morgan fingerprint density at radius 3 is 2.58 bits per heavy atom. The van der Waals surface area contributed by atoms with E-state index in [2.05, 4.69) is 0 Å². The van der Waals surface area contributed by atoms with Crippen LogP contribution >= 0.6 is 0 Å². The predicted molar refractivity (Wildman–Crippen MR) is 84.1 cm³/mol. The molecule has 1 aliphatic heterocycles. The van der Waals surface area contributed by atoms with Crippen LogP contribution in [0.3, 0.4) is 0 Å². The van der Waals surface area contributed by atoms with Crippen molar-refractivity contribution < 1.29 is 23.5 Å². The van der Waals surface area contributed by atoms with Crippen LogP contribution in [0.1, 0.15) is 35.4 Å². The Labute approximate surface area is 139 Å². The van der Waals surface area contributed by atoms with Gasteiger partial charge < -0.3 is 9.15 Å². The summed E-state index contributed by atoms with van der Waals surface area (Å²) < 4.78 is 10.5. The zero-order valence-corrected chi connectivity index (χ0v) is 13.2. The van der Waals surface area contributed by atoms with Crippen LogP contribution in [0.4, 0.5) is 0 Å². The van der Waals surface area contributed by atoms with Crippen LogP contribution in [-0.2, 0) is 14.3 Å². The van der Waals surface area contributed by atoms with E-state index in [4.69, 9.17) is 9.15 Å². The number of nitrogens with zero attached hydrogens (tertiary/aromatic N) is 1. The summed E-state index contributed by atoms with van der Waals surface area (Å²) in [5, 5.41) is 0. The van der Waals surface area contributed by atoms with Crippen LogP contribution in [0.5, 0.6) is 0 Å². The van der Waals surface area contributed by atoms with Gasteiger partial charge in [0.05, 0.1) is 18.8 Å². The molecular formula is C18H17NO5. The van der Waals surface area contributed by atoms with Crippen molar-refractivity contribution >= 4 is 17.8 Å². The van der Waals surface area contributed by atoms with E-state index in [1.165, 1.54) is 6.26 Å². The van der Waals surface area contributed by atoms with Gasteiger partial charge in [0.15, 0.2) is 0 Å². The molecule has 2 amide bonds. The summed E-state index contributed by atoms with van der Waals surface area (Å²) in [6.45, 7) is 1.85. The smallest absolute Gasteiger partial charge is 0.330 e. The first kappa shape index (κ1) is 16.0. The largest absolute Gasteiger partial charge is 0.469 e. The molecule has 2 aromatic rings. The zero-order chi connectivity index (χ0) is 17.1. The lowest BCUT2D eigenvalue weighted by Crippen LogP contribution is -2.45. The number of furan rings is 1. The van der Waals surface area contributed by atoms with Crippen molar-refractivity contribution in [2.45, 2.75) is 25.3 Å². The molecule has 2 atom stereocenters. The second-order valence-electron chi connectivity index (χ2n) is 5.46. The summed E-state index contributed by atoms with van der Waals surface area (Å²) in [5.41, 5.74) is 0.347. The van der Waals surface area contributed by atoms with E-state index in [1.54, 1.807) is 49.4 Å². The molecule has 1 aromatic heterocycles. The lowest BCUT2D eigenvalue weighted by atomic mass is 9.97. The van der Waals surface area contributed by atoms with Crippen LogP contribution in [0.15, 0.2) is 53.1 Å². The third-order valence-corrected chi connectivity index (χ3v) is 4.00. The van der Waals surface area contributed by atoms with Gasteiger partial charge in [-0.05, 0) is 31.2 Å². The van der Waals surface area contributed by atoms with Crippen molar-refractivity contribution in [3.63, 3.8) is 0 Å². The predicted octanol–water partition coefficient (Wildman–Crippen LogP) is 2.37. The highest BCUT2D eigenvalue weighted by Crippen LogP contribution is 2.36. The van der Waals surface area contributed by atoms with Crippen molar-refractivity contribution in [3.05, 3.63) is 60.1 Å². The molecule has 0 N–H and O–H groups in total. The standard InChI is InChI=1S/C18H17NO5/c1-2-23-18(22)16-13(14-9-6-10-24-14)11-15(20)19(16)17(21)12-7-4-3-5-8-12/h3-10,13,16H,2,11H2,1H3/t13-,16+/m0/s1. The average molecular weight is 327 g/mol. The second kappa shape index (κ2) is 6.70. The van der Waals surface area contributed by atoms with Crippen LogP contribution < -0.4 is 0 Å². The normalized spacial score (nSPS) is 20.2. The number of likely N-dealkylation sites (tertiary alicyclic amines) is 1. The molecule has 0 aliphatic carbocycles. The summed E-state index contributed by atoms with van der Waals surface area (Å²) in [6, 6.07) is 10.8. The van der Waals surface area contributed by atoms with Crippen LogP contribution in [0.2, 0.25) is 0 Å². The van der Waals surface area contributed by atoms with Gasteiger partial charge in [0, 0.05) is 12.0 Å². The number of amides is 2. The SMILES string of the molecule is CCOC(=O)[C@H]1[C@H](c2ccco2)CC(=O)N1C(=O)c1ccccc1. The molecule has 1 fully saturated rings. The molecule has 0 radical (unpaired) electrons. The van der Waals surface area contributed by atoms with Gasteiger partial charge >= 0.3 is 5.97 Å². The number of benzene rings is 1. The minimum absolute atomic E-state index is 0.0234. The summed E-state index contributed by atoms with van der Waals surface area (Å²) in [4.78, 5) is 38.7. The van der Waals surface area contributed by atoms with Gasteiger partial charge in [0.25, 0.3) is 5.91 Å². The van der Waals surface area contributed by atoms with E-state index in [1.807, 2.05) is 0 Å². The maximum Gasteiger partial charge on any atom is 0.330 e. The van der Waals surface area contributed by atoms with E-state index in [-0.39, 0.29) is 13.0 Å². The van der Waals surface area contributed by atoms with E-state index in [0.29, 0.717) is 11.3 Å². The molecule has 1 saturated heterocycles. The molecular weight excluding hydrogens is 310 g/mol. The van der Waals surface area contributed by atoms with E-state index >= 15 is 0 Å². The van der Waals surface area contributed by atoms with Gasteiger partial charge in [0.2, 0.25) is 5.91 Å². The number of imide groups is 1. The first-order valence-corrected chi connectivity index (χ1v) is 7.75. The Balaban J connectivity index is 1.98. The Hall–Kier alpha value is -2.89. The number of ether oxygens (including phenoxy) is 1. The molecule has 0 spiro atoms. The van der Waals surface area contributed by atoms with Crippen LogP contribution in [0.25, 0.3) is 0 Å². The molecule has 0 bridgehead atoms. The molecule has 6 heteroatoms. The number of esters is 1. The fourth-order valence-corrected chi connectivity index (χ4v) is 2.95. The van der Waals surface area contributed by atoms with E-state index in [9.17, 15) is 14.4 Å². The van der Waals surface area contributed by atoms with Gasteiger partial charge in [-0.15, -0.1) is 0 Å². The molecule has 6 nitrogen and oxygen atoms in total. The highest BCUT2D eigenvalue weighted by atomic mass is 16.5. The zero-order valence-electron chi connectivity index (χ0n) is 13.2. The summed E-state index contributed by atoms with van der Waals surface area (Å²) in [5.74, 6) is -1.57. The van der Waals surface area contributed by atoms with Crippen molar-refractivity contribution in [1.82, 2.24) is 4.90 Å². The molecule has 24 heavy (non-hydrogen) atoms. The fourth-order valence-electron chi connectivity index (χ4n) is 2.95. The Morgan fingerprint density at radius 2 is 1.96 bits per heavy atom. The molecule has 0 saturated carbocycles. The minimum atomic E-state index is -1.02. The monoisotopic (exact) mass is 327 g/mol. The minimum Gasteiger partial charge on any atom is -0.469 e. The van der Waals surface area contributed by atoms with Gasteiger partial charge in [-0.2, -0.15) is 0 Å². The molecule has 0 unspecified atom stereocenters. The molecule has 1 aromatic carbocycles. The lowest BCUT2D eigenvalue weighted by molar-refractivity contribution is -0.150. The van der Waals surface area contributed by atoms with Crippen LogP contribution in [0, 0.1) is 0 Å². The average Bonchev–Trinajstić information content (AvgIpc) is 3.22. The molecule has 2 heterocycles. The Morgan fingerprint density at radius 1 is 1.21 bits per heavy atom. The number of hydrogen-bond acceptors (Lipinski definition) is 5. The van der Waals surface area contributed by atoms with E-state index < -0.39 is 29.7 Å². The maximum absolute atomic E-state index is 12.8. The van der Waals surface area contributed by atoms with Crippen molar-refractivity contribution in [1.29, 1.82) is 0 Å². The third-order valence-electron chi connectivity index (χ3n) is 4.00. The molecule has 124 valence electrons. The summed E-state index contributed by atoms with van der Waals surface area (Å²) >= 11 is 0. The fraction of sp³-hybridized carbons (Fsp3) is 0.278. The third kappa shape index (κ3) is 2.82. The van der Waals surface area contributed by atoms with Gasteiger partial charge in [-0.25, -0.2) is 4.79 Å². The van der Waals surface area contributed by atoms with Gasteiger partial charge in [0.1, 0.15) is 11.8 Å². The first-order chi connectivity index (χ1) is 11.6. The highest BCUT2D eigenvalue weighted by Gasteiger charge is 2.50. The summed E-state index contributed by atoms with van der Waals surface area (Å²) in [6.07, 6.45) is 1.50. The lowest BCUT2D eigenvalue weighted by Gasteiger charge is -2.24. The van der Waals surface area contributed by atoms with Crippen molar-refractivity contribution in [3.8, 4) is 0 Å². The van der Waals surface area contributed by atoms with Gasteiger partial charge in [-0.3, -0.25) is 14.5 Å². The van der Waals surface area contributed by atoms with Crippen molar-refractivity contribution in [2.24, 2.45) is 0 Å². The van der Waals surface area contributed by atoms with Crippen LogP contribution in [-0.4, -0.2) is 35.3 Å². The number of rotatable bonds is 4. The maximum atomic E-state index is 12.8. The Bertz CT molecular complexity index is 738. The number of hydrogen-bond donors (Lipinski definition) is 0. The number of carbonyl (C=O) groups excluding carboxylic acids is 3. The second-order valence-corrected chi connectivity index (χ2v) is 5.46. The topological polar surface area (TPSA) is 76.8 Å². The van der Waals surface area contributed by atoms with Crippen molar-refractivity contribution in [2.75, 3.05) is 6.61 Å². The molecule has 3 rings (SSSR count). The first-order valence-electron chi connectivity index (χ1n) is 7.75. The van der Waals surface area contributed by atoms with Gasteiger partial charge in [-0.1, -0.05) is 18.2 Å².